The average molecular weight is 292 g/mol. The van der Waals surface area contributed by atoms with E-state index in [4.69, 9.17) is 10.5 Å². The van der Waals surface area contributed by atoms with Gasteiger partial charge < -0.3 is 15.6 Å². The zero-order chi connectivity index (χ0) is 16.1. The minimum Gasteiger partial charge on any atom is -0.508 e. The van der Waals surface area contributed by atoms with Gasteiger partial charge >= 0.3 is 6.09 Å². The number of carbonyl (C=O) groups excluding carboxylic acids is 1. The lowest BCUT2D eigenvalue weighted by molar-refractivity contribution is 0.0636. The van der Waals surface area contributed by atoms with Crippen LogP contribution in [0.2, 0.25) is 0 Å². The second-order valence-corrected chi connectivity index (χ2v) is 7.39. The summed E-state index contributed by atoms with van der Waals surface area (Å²) in [5.74, 6) is 0.151. The molecular formula is C16H24N2O3. The van der Waals surface area contributed by atoms with Crippen molar-refractivity contribution in [1.29, 1.82) is 0 Å². The van der Waals surface area contributed by atoms with Crippen LogP contribution in [0.5, 0.6) is 5.75 Å². The normalized spacial score (nSPS) is 23.5. The molecule has 0 radical (unpaired) electrons. The monoisotopic (exact) mass is 292 g/mol. The highest BCUT2D eigenvalue weighted by atomic mass is 16.6. The van der Waals surface area contributed by atoms with Crippen molar-refractivity contribution in [3.05, 3.63) is 23.8 Å². The molecule has 1 aromatic rings. The Morgan fingerprint density at radius 3 is 2.43 bits per heavy atom. The minimum absolute atomic E-state index is 0.0605. The number of amides is 1. The molecule has 1 amide bonds. The summed E-state index contributed by atoms with van der Waals surface area (Å²) in [5.41, 5.74) is 6.39. The van der Waals surface area contributed by atoms with E-state index >= 15 is 0 Å². The van der Waals surface area contributed by atoms with Crippen LogP contribution in [0.25, 0.3) is 0 Å². The number of anilines is 1. The van der Waals surface area contributed by atoms with Crippen LogP contribution in [0.3, 0.4) is 0 Å². The van der Waals surface area contributed by atoms with Crippen LogP contribution >= 0.6 is 0 Å². The predicted molar refractivity (Wildman–Crippen MR) is 82.2 cm³/mol. The van der Waals surface area contributed by atoms with Gasteiger partial charge in [-0.25, -0.2) is 4.79 Å². The SMILES string of the molecule is CC(C)(C)OC(=O)Nc1ccc(O)c(C2(N)CC2(C)C)c1. The zero-order valence-electron chi connectivity index (χ0n) is 13.3. The third-order valence-corrected chi connectivity index (χ3v) is 3.93. The Bertz CT molecular complexity index is 575. The Balaban J connectivity index is 2.19. The molecule has 1 aliphatic rings. The van der Waals surface area contributed by atoms with E-state index in [2.05, 4.69) is 19.2 Å². The molecule has 4 N–H and O–H groups in total. The molecule has 1 fully saturated rings. The molecule has 1 atom stereocenters. The molecule has 2 rings (SSSR count). The first-order valence-corrected chi connectivity index (χ1v) is 7.07. The molecule has 0 heterocycles. The fraction of sp³-hybridized carbons (Fsp3) is 0.562. The molecule has 0 saturated heterocycles. The van der Waals surface area contributed by atoms with Gasteiger partial charge in [0.05, 0.1) is 5.54 Å². The number of carbonyl (C=O) groups is 1. The van der Waals surface area contributed by atoms with Crippen molar-refractivity contribution in [2.45, 2.75) is 52.2 Å². The van der Waals surface area contributed by atoms with E-state index in [-0.39, 0.29) is 11.2 Å². The average Bonchev–Trinajstić information content (AvgIpc) is 2.79. The third-order valence-electron chi connectivity index (χ3n) is 3.93. The summed E-state index contributed by atoms with van der Waals surface area (Å²) in [7, 11) is 0. The topological polar surface area (TPSA) is 84.6 Å². The molecule has 1 saturated carbocycles. The Kier molecular flexibility index (Phi) is 3.45. The van der Waals surface area contributed by atoms with Crippen molar-refractivity contribution in [3.8, 4) is 5.75 Å². The number of phenolic OH excluding ortho intramolecular Hbond substituents is 1. The van der Waals surface area contributed by atoms with E-state index < -0.39 is 17.2 Å². The standard InChI is InChI=1S/C16H24N2O3/c1-14(2,3)21-13(20)18-10-6-7-12(19)11(8-10)16(17)9-15(16,4)5/h6-8,19H,9,17H2,1-5H3,(H,18,20). The molecule has 0 aliphatic heterocycles. The highest BCUT2D eigenvalue weighted by Gasteiger charge is 2.60. The van der Waals surface area contributed by atoms with Gasteiger partial charge in [0.2, 0.25) is 0 Å². The molecule has 0 spiro atoms. The second kappa shape index (κ2) is 4.63. The lowest BCUT2D eigenvalue weighted by atomic mass is 9.96. The molecular weight excluding hydrogens is 268 g/mol. The molecule has 5 heteroatoms. The molecule has 5 nitrogen and oxygen atoms in total. The summed E-state index contributed by atoms with van der Waals surface area (Å²) in [6.45, 7) is 9.52. The highest BCUT2D eigenvalue weighted by molar-refractivity contribution is 5.85. The smallest absolute Gasteiger partial charge is 0.412 e. The van der Waals surface area contributed by atoms with Gasteiger partial charge in [-0.1, -0.05) is 13.8 Å². The Morgan fingerprint density at radius 2 is 1.95 bits per heavy atom. The number of ether oxygens (including phenoxy) is 1. The van der Waals surface area contributed by atoms with Crippen molar-refractivity contribution < 1.29 is 14.6 Å². The van der Waals surface area contributed by atoms with E-state index in [0.29, 0.717) is 11.3 Å². The van der Waals surface area contributed by atoms with E-state index in [9.17, 15) is 9.90 Å². The number of nitrogens with two attached hydrogens (primary N) is 1. The largest absolute Gasteiger partial charge is 0.508 e. The van der Waals surface area contributed by atoms with E-state index in [1.54, 1.807) is 39.0 Å². The molecule has 0 bridgehead atoms. The number of benzene rings is 1. The van der Waals surface area contributed by atoms with Gasteiger partial charge in [0.25, 0.3) is 0 Å². The molecule has 21 heavy (non-hydrogen) atoms. The number of rotatable bonds is 2. The number of nitrogens with one attached hydrogen (secondary N) is 1. The molecule has 116 valence electrons. The van der Waals surface area contributed by atoms with Crippen molar-refractivity contribution in [3.63, 3.8) is 0 Å². The Hall–Kier alpha value is -1.75. The maximum Gasteiger partial charge on any atom is 0.412 e. The first-order chi connectivity index (χ1) is 9.45. The summed E-state index contributed by atoms with van der Waals surface area (Å²) >= 11 is 0. The van der Waals surface area contributed by atoms with E-state index in [0.717, 1.165) is 6.42 Å². The van der Waals surface area contributed by atoms with Crippen LogP contribution in [0.15, 0.2) is 18.2 Å². The summed E-state index contributed by atoms with van der Waals surface area (Å²) < 4.78 is 5.21. The Labute approximate surface area is 125 Å². The minimum atomic E-state index is -0.558. The van der Waals surface area contributed by atoms with Crippen LogP contribution in [-0.4, -0.2) is 16.8 Å². The van der Waals surface area contributed by atoms with Crippen molar-refractivity contribution in [2.75, 3.05) is 5.32 Å². The van der Waals surface area contributed by atoms with Gasteiger partial charge in [-0.15, -0.1) is 0 Å². The number of phenols is 1. The van der Waals surface area contributed by atoms with Crippen LogP contribution in [0, 0.1) is 5.41 Å². The van der Waals surface area contributed by atoms with Crippen LogP contribution in [0.4, 0.5) is 10.5 Å². The fourth-order valence-corrected chi connectivity index (χ4v) is 2.51. The third kappa shape index (κ3) is 3.13. The molecule has 1 aromatic carbocycles. The maximum atomic E-state index is 11.8. The van der Waals surface area contributed by atoms with Crippen molar-refractivity contribution in [1.82, 2.24) is 0 Å². The fourth-order valence-electron chi connectivity index (χ4n) is 2.51. The van der Waals surface area contributed by atoms with Gasteiger partial charge in [0.1, 0.15) is 11.4 Å². The van der Waals surface area contributed by atoms with Crippen molar-refractivity contribution >= 4 is 11.8 Å². The molecule has 1 unspecified atom stereocenters. The van der Waals surface area contributed by atoms with Crippen LogP contribution in [-0.2, 0) is 10.3 Å². The van der Waals surface area contributed by atoms with Crippen molar-refractivity contribution in [2.24, 2.45) is 11.1 Å². The maximum absolute atomic E-state index is 11.8. The van der Waals surface area contributed by atoms with Gasteiger partial charge in [-0.05, 0) is 50.8 Å². The predicted octanol–water partition coefficient (Wildman–Crippen LogP) is 3.32. The quantitative estimate of drug-likeness (QED) is 0.730. The highest BCUT2D eigenvalue weighted by Crippen LogP contribution is 2.62. The first-order valence-electron chi connectivity index (χ1n) is 7.07. The van der Waals surface area contributed by atoms with Crippen LogP contribution in [0.1, 0.15) is 46.6 Å². The second-order valence-electron chi connectivity index (χ2n) is 7.39. The summed E-state index contributed by atoms with van der Waals surface area (Å²) in [6.07, 6.45) is 0.268. The summed E-state index contributed by atoms with van der Waals surface area (Å²) in [6, 6.07) is 4.89. The van der Waals surface area contributed by atoms with Crippen LogP contribution < -0.4 is 11.1 Å². The molecule has 1 aliphatic carbocycles. The van der Waals surface area contributed by atoms with Gasteiger partial charge in [-0.3, -0.25) is 5.32 Å². The number of hydrogen-bond donors (Lipinski definition) is 3. The van der Waals surface area contributed by atoms with E-state index in [1.807, 2.05) is 0 Å². The number of hydrogen-bond acceptors (Lipinski definition) is 4. The van der Waals surface area contributed by atoms with Gasteiger partial charge in [-0.2, -0.15) is 0 Å². The lowest BCUT2D eigenvalue weighted by Gasteiger charge is -2.21. The summed E-state index contributed by atoms with van der Waals surface area (Å²) in [5, 5.41) is 12.7. The Morgan fingerprint density at radius 1 is 1.38 bits per heavy atom. The molecule has 0 aromatic heterocycles. The number of aromatic hydroxyl groups is 1. The first kappa shape index (κ1) is 15.6. The summed E-state index contributed by atoms with van der Waals surface area (Å²) in [4.78, 5) is 11.8. The van der Waals surface area contributed by atoms with Gasteiger partial charge in [0.15, 0.2) is 0 Å². The lowest BCUT2D eigenvalue weighted by Crippen LogP contribution is -2.28. The van der Waals surface area contributed by atoms with Gasteiger partial charge in [0, 0.05) is 11.3 Å². The zero-order valence-corrected chi connectivity index (χ0v) is 13.3. The van der Waals surface area contributed by atoms with E-state index in [1.165, 1.54) is 0 Å².